The maximum atomic E-state index is 9.74. The van der Waals surface area contributed by atoms with E-state index in [0.29, 0.717) is 19.8 Å². The van der Waals surface area contributed by atoms with Crippen molar-refractivity contribution in [1.29, 1.82) is 0 Å². The van der Waals surface area contributed by atoms with Crippen LogP contribution in [0.1, 0.15) is 52.9 Å². The maximum Gasteiger partial charge on any atom is 0.0897 e. The summed E-state index contributed by atoms with van der Waals surface area (Å²) < 4.78 is 10.4. The van der Waals surface area contributed by atoms with Gasteiger partial charge in [-0.05, 0) is 25.8 Å². The lowest BCUT2D eigenvalue weighted by atomic mass is 10.0. The van der Waals surface area contributed by atoms with Gasteiger partial charge in [-0.15, -0.1) is 0 Å². The van der Waals surface area contributed by atoms with Gasteiger partial charge in [0.25, 0.3) is 0 Å². The van der Waals surface area contributed by atoms with Crippen LogP contribution in [-0.2, 0) is 9.47 Å². The lowest BCUT2D eigenvalue weighted by molar-refractivity contribution is -0.0310. The minimum atomic E-state index is -0.435. The molecule has 2 N–H and O–H groups in total. The molecule has 2 atom stereocenters. The molecule has 4 heteroatoms. The Hall–Kier alpha value is -0.160. The molecule has 0 spiro atoms. The molecule has 0 heterocycles. The first-order valence-corrected chi connectivity index (χ1v) is 8.05. The summed E-state index contributed by atoms with van der Waals surface area (Å²) in [5.41, 5.74) is 0. The van der Waals surface area contributed by atoms with E-state index in [9.17, 15) is 5.11 Å². The largest absolute Gasteiger partial charge is 0.389 e. The van der Waals surface area contributed by atoms with Crippen molar-refractivity contribution >= 4 is 0 Å². The highest BCUT2D eigenvalue weighted by Gasteiger charge is 2.07. The topological polar surface area (TPSA) is 50.7 Å². The van der Waals surface area contributed by atoms with E-state index in [1.807, 2.05) is 6.92 Å². The Morgan fingerprint density at radius 1 is 1.00 bits per heavy atom. The molecule has 0 aliphatic rings. The molecule has 0 aromatic carbocycles. The number of aliphatic hydroxyl groups is 1. The minimum Gasteiger partial charge on any atom is -0.389 e. The highest BCUT2D eigenvalue weighted by atomic mass is 16.5. The van der Waals surface area contributed by atoms with Gasteiger partial charge in [0.15, 0.2) is 0 Å². The van der Waals surface area contributed by atoms with Crippen LogP contribution in [0.2, 0.25) is 0 Å². The van der Waals surface area contributed by atoms with Gasteiger partial charge in [-0.25, -0.2) is 0 Å². The summed E-state index contributed by atoms with van der Waals surface area (Å²) in [5.74, 6) is 0.823. The summed E-state index contributed by atoms with van der Waals surface area (Å²) in [4.78, 5) is 0. The van der Waals surface area contributed by atoms with Gasteiger partial charge in [0.1, 0.15) is 0 Å². The number of ether oxygens (including phenoxy) is 2. The molecule has 0 aromatic rings. The normalized spacial score (nSPS) is 14.7. The van der Waals surface area contributed by atoms with Crippen LogP contribution in [0.15, 0.2) is 0 Å². The van der Waals surface area contributed by atoms with Gasteiger partial charge in [-0.2, -0.15) is 0 Å². The molecule has 0 aliphatic carbocycles. The molecule has 20 heavy (non-hydrogen) atoms. The molecular formula is C16H35NO3. The molecule has 0 aromatic heterocycles. The number of aliphatic hydroxyl groups excluding tert-OH is 1. The van der Waals surface area contributed by atoms with Gasteiger partial charge >= 0.3 is 0 Å². The predicted molar refractivity (Wildman–Crippen MR) is 84.1 cm³/mol. The van der Waals surface area contributed by atoms with Crippen LogP contribution >= 0.6 is 0 Å². The fourth-order valence-corrected chi connectivity index (χ4v) is 2.04. The van der Waals surface area contributed by atoms with Crippen LogP contribution in [0, 0.1) is 5.92 Å². The van der Waals surface area contributed by atoms with Crippen LogP contribution in [-0.4, -0.2) is 50.7 Å². The Balaban J connectivity index is 3.25. The van der Waals surface area contributed by atoms with Crippen LogP contribution in [0.25, 0.3) is 0 Å². The first-order valence-electron chi connectivity index (χ1n) is 8.05. The Morgan fingerprint density at radius 3 is 2.35 bits per heavy atom. The Kier molecular flexibility index (Phi) is 13.7. The van der Waals surface area contributed by atoms with E-state index in [2.05, 4.69) is 19.2 Å². The molecule has 0 fully saturated rings. The van der Waals surface area contributed by atoms with Crippen LogP contribution < -0.4 is 5.32 Å². The Labute approximate surface area is 125 Å². The number of unbranched alkanes of at least 4 members (excludes halogenated alkanes) is 3. The molecule has 0 radical (unpaired) electrons. The first kappa shape index (κ1) is 19.8. The predicted octanol–water partition coefficient (Wildman–Crippen LogP) is 2.59. The molecule has 0 amide bonds. The molecule has 122 valence electrons. The highest BCUT2D eigenvalue weighted by molar-refractivity contribution is 4.60. The van der Waals surface area contributed by atoms with Crippen LogP contribution in [0.5, 0.6) is 0 Å². The maximum absolute atomic E-state index is 9.74. The Bertz CT molecular complexity index is 200. The molecule has 4 nitrogen and oxygen atoms in total. The highest BCUT2D eigenvalue weighted by Crippen LogP contribution is 2.08. The zero-order valence-electron chi connectivity index (χ0n) is 13.9. The van der Waals surface area contributed by atoms with Crippen molar-refractivity contribution in [1.82, 2.24) is 5.32 Å². The molecule has 0 saturated heterocycles. The van der Waals surface area contributed by atoms with Crippen molar-refractivity contribution in [3.05, 3.63) is 0 Å². The molecule has 2 unspecified atom stereocenters. The SMILES string of the molecule is COCC(C)OCC(O)CNCCCCCCC(C)C. The summed E-state index contributed by atoms with van der Waals surface area (Å²) >= 11 is 0. The van der Waals surface area contributed by atoms with E-state index in [1.54, 1.807) is 7.11 Å². The molecule has 0 aliphatic heterocycles. The van der Waals surface area contributed by atoms with Crippen molar-refractivity contribution in [3.8, 4) is 0 Å². The van der Waals surface area contributed by atoms with Crippen molar-refractivity contribution < 1.29 is 14.6 Å². The van der Waals surface area contributed by atoms with Crippen molar-refractivity contribution in [2.24, 2.45) is 5.92 Å². The second-order valence-electron chi connectivity index (χ2n) is 6.05. The van der Waals surface area contributed by atoms with E-state index in [1.165, 1.54) is 32.1 Å². The van der Waals surface area contributed by atoms with E-state index in [4.69, 9.17) is 9.47 Å². The second-order valence-corrected chi connectivity index (χ2v) is 6.05. The number of hydrogen-bond acceptors (Lipinski definition) is 4. The summed E-state index contributed by atoms with van der Waals surface area (Å²) in [5, 5.41) is 13.0. The van der Waals surface area contributed by atoms with E-state index < -0.39 is 6.10 Å². The average molecular weight is 289 g/mol. The molecular weight excluding hydrogens is 254 g/mol. The third-order valence-electron chi connectivity index (χ3n) is 3.24. The van der Waals surface area contributed by atoms with Gasteiger partial charge in [-0.1, -0.05) is 39.5 Å². The molecule has 0 rings (SSSR count). The fourth-order valence-electron chi connectivity index (χ4n) is 2.04. The van der Waals surface area contributed by atoms with Gasteiger partial charge < -0.3 is 19.9 Å². The third-order valence-corrected chi connectivity index (χ3v) is 3.24. The lowest BCUT2D eigenvalue weighted by Gasteiger charge is -2.16. The number of methoxy groups -OCH3 is 1. The number of hydrogen-bond donors (Lipinski definition) is 2. The van der Waals surface area contributed by atoms with Crippen molar-refractivity contribution in [3.63, 3.8) is 0 Å². The zero-order chi connectivity index (χ0) is 15.2. The summed E-state index contributed by atoms with van der Waals surface area (Å²) in [6.45, 7) is 9.01. The molecule has 0 saturated carbocycles. The summed E-state index contributed by atoms with van der Waals surface area (Å²) in [6, 6.07) is 0. The summed E-state index contributed by atoms with van der Waals surface area (Å²) in [6.07, 6.45) is 6.06. The van der Waals surface area contributed by atoms with Gasteiger partial charge in [0.05, 0.1) is 25.4 Å². The fraction of sp³-hybridized carbons (Fsp3) is 1.00. The standard InChI is InChI=1S/C16H35NO3/c1-14(2)9-7-5-6-8-10-17-11-16(18)13-20-15(3)12-19-4/h14-18H,5-13H2,1-4H3. The minimum absolute atomic E-state index is 0.0376. The smallest absolute Gasteiger partial charge is 0.0897 e. The quantitative estimate of drug-likeness (QED) is 0.483. The number of nitrogens with one attached hydrogen (secondary N) is 1. The van der Waals surface area contributed by atoms with Crippen molar-refractivity contribution in [2.75, 3.05) is 33.4 Å². The van der Waals surface area contributed by atoms with Crippen LogP contribution in [0.4, 0.5) is 0 Å². The van der Waals surface area contributed by atoms with Gasteiger partial charge in [-0.3, -0.25) is 0 Å². The van der Waals surface area contributed by atoms with Crippen molar-refractivity contribution in [2.45, 2.75) is 65.1 Å². The zero-order valence-corrected chi connectivity index (χ0v) is 13.9. The average Bonchev–Trinajstić information content (AvgIpc) is 2.39. The Morgan fingerprint density at radius 2 is 1.70 bits per heavy atom. The van der Waals surface area contributed by atoms with Gasteiger partial charge in [0.2, 0.25) is 0 Å². The second kappa shape index (κ2) is 13.8. The molecule has 0 bridgehead atoms. The monoisotopic (exact) mass is 289 g/mol. The van der Waals surface area contributed by atoms with Gasteiger partial charge in [0, 0.05) is 13.7 Å². The van der Waals surface area contributed by atoms with E-state index in [-0.39, 0.29) is 6.10 Å². The van der Waals surface area contributed by atoms with E-state index in [0.717, 1.165) is 12.5 Å². The third kappa shape index (κ3) is 14.3. The first-order chi connectivity index (χ1) is 9.56. The number of rotatable bonds is 14. The lowest BCUT2D eigenvalue weighted by Crippen LogP contribution is -2.32. The van der Waals surface area contributed by atoms with E-state index >= 15 is 0 Å². The van der Waals surface area contributed by atoms with Crippen LogP contribution in [0.3, 0.4) is 0 Å². The summed E-state index contributed by atoms with van der Waals surface area (Å²) in [7, 11) is 1.65.